The van der Waals surface area contributed by atoms with Crippen LogP contribution in [0.5, 0.6) is 0 Å². The highest BCUT2D eigenvalue weighted by molar-refractivity contribution is 8.01. The number of carboxylic acid groups (broad SMARTS) is 1. The number of fused-ring (bicyclic) bond motifs is 1. The fourth-order valence-corrected chi connectivity index (χ4v) is 7.89. The van der Waals surface area contributed by atoms with E-state index < -0.39 is 45.6 Å². The van der Waals surface area contributed by atoms with Gasteiger partial charge < -0.3 is 15.2 Å². The number of hydrogen-bond acceptors (Lipinski definition) is 12. The maximum absolute atomic E-state index is 13.1. The van der Waals surface area contributed by atoms with Gasteiger partial charge in [-0.1, -0.05) is 17.8 Å². The van der Waals surface area contributed by atoms with Gasteiger partial charge in [-0.2, -0.15) is 4.68 Å². The number of nitrogens with one attached hydrogen (secondary N) is 1. The number of carboxylic acids is 1. The van der Waals surface area contributed by atoms with Gasteiger partial charge in [-0.15, -0.1) is 28.2 Å². The predicted molar refractivity (Wildman–Crippen MR) is 126 cm³/mol. The lowest BCUT2D eigenvalue weighted by atomic mass is 9.98. The van der Waals surface area contributed by atoms with Gasteiger partial charge in [0.2, 0.25) is 17.0 Å². The Morgan fingerprint density at radius 2 is 2.20 bits per heavy atom. The molecule has 13 nitrogen and oxygen atoms in total. The fraction of sp³-hybridized carbons (Fsp3) is 0.389. The van der Waals surface area contributed by atoms with Gasteiger partial charge in [0.25, 0.3) is 11.6 Å². The number of tetrazole rings is 1. The number of amides is 2. The van der Waals surface area contributed by atoms with Gasteiger partial charge >= 0.3 is 5.97 Å². The van der Waals surface area contributed by atoms with E-state index in [0.29, 0.717) is 9.78 Å². The van der Waals surface area contributed by atoms with E-state index in [2.05, 4.69) is 20.8 Å². The Kier molecular flexibility index (Phi) is 7.41. The molecule has 186 valence electrons. The molecular formula is C18H18N6O7S4. The summed E-state index contributed by atoms with van der Waals surface area (Å²) in [5.74, 6) is -3.17. The van der Waals surface area contributed by atoms with Crippen LogP contribution in [-0.2, 0) is 29.9 Å². The Morgan fingerprint density at radius 3 is 2.83 bits per heavy atom. The van der Waals surface area contributed by atoms with E-state index in [1.807, 2.05) is 0 Å². The molecule has 3 atom stereocenters. The quantitative estimate of drug-likeness (QED) is 0.183. The lowest BCUT2D eigenvalue weighted by molar-refractivity contribution is -0.192. The van der Waals surface area contributed by atoms with Gasteiger partial charge in [-0.05, 0) is 27.4 Å². The van der Waals surface area contributed by atoms with Crippen LogP contribution in [0.15, 0.2) is 38.1 Å². The lowest BCUT2D eigenvalue weighted by Gasteiger charge is -2.55. The van der Waals surface area contributed by atoms with E-state index >= 15 is 0 Å². The number of β-lactam (4-membered cyclic amide) rings is 1. The number of nitrogens with zero attached hydrogens (tertiary/aromatic N) is 5. The number of thioether (sulfide) groups is 2. The summed E-state index contributed by atoms with van der Waals surface area (Å²) >= 11 is 3.52. The minimum atomic E-state index is -1.78. The van der Waals surface area contributed by atoms with Crippen LogP contribution < -0.4 is 5.32 Å². The molecular weight excluding hydrogens is 541 g/mol. The SMILES string of the molecule is CO[C@@]1(NC(=O)CS(=O)c2cccs2)C(=O)N2C(C(=O)O)=C(CSc3nnnn3C(C)=O)CS[C@H]21. The number of hydrogen-bond donors (Lipinski definition) is 2. The normalized spacial score (nSPS) is 22.4. The number of ether oxygens (including phenoxy) is 1. The van der Waals surface area contributed by atoms with Gasteiger partial charge in [0.05, 0.1) is 15.0 Å². The molecule has 0 radical (unpaired) electrons. The van der Waals surface area contributed by atoms with Crippen LogP contribution >= 0.6 is 34.9 Å². The molecule has 17 heteroatoms. The Bertz CT molecular complexity index is 1250. The first-order valence-electron chi connectivity index (χ1n) is 9.80. The topological polar surface area (TPSA) is 174 Å². The molecule has 0 saturated carbocycles. The van der Waals surface area contributed by atoms with Crippen LogP contribution in [0, 0.1) is 0 Å². The number of carbonyl (C=O) groups is 4. The Balaban J connectivity index is 1.51. The number of methoxy groups -OCH3 is 1. The second-order valence-corrected chi connectivity index (χ2v) is 11.8. The van der Waals surface area contributed by atoms with Crippen molar-refractivity contribution in [1.82, 2.24) is 30.4 Å². The zero-order chi connectivity index (χ0) is 25.3. The molecule has 1 saturated heterocycles. The maximum Gasteiger partial charge on any atom is 0.352 e. The molecule has 2 aliphatic rings. The van der Waals surface area contributed by atoms with Gasteiger partial charge in [0.15, 0.2) is 0 Å². The van der Waals surface area contributed by atoms with Gasteiger partial charge in [-0.25, -0.2) is 4.79 Å². The summed E-state index contributed by atoms with van der Waals surface area (Å²) in [4.78, 5) is 50.5. The standard InChI is InChI=1S/C18H18N6O7S4/c1-9(25)24-17(20-21-22-24)34-7-10-6-33-16-18(31-2,15(29)23(16)13(10)14(27)28)19-11(26)8-35(30)12-4-3-5-32-12/h3-5,16H,6-8H2,1-2H3,(H,19,26)(H,27,28)/t16-,18-,35?/m0/s1. The molecule has 0 aromatic carbocycles. The fourth-order valence-electron chi connectivity index (χ4n) is 3.50. The van der Waals surface area contributed by atoms with Crippen LogP contribution in [-0.4, -0.2) is 93.6 Å². The highest BCUT2D eigenvalue weighted by atomic mass is 32.2. The number of thiophene rings is 1. The van der Waals surface area contributed by atoms with Crippen molar-refractivity contribution in [2.75, 3.05) is 24.4 Å². The van der Waals surface area contributed by atoms with Crippen molar-refractivity contribution in [3.63, 3.8) is 0 Å². The molecule has 1 unspecified atom stereocenters. The first kappa shape index (κ1) is 25.5. The van der Waals surface area contributed by atoms with E-state index in [1.165, 1.54) is 37.1 Å². The number of rotatable bonds is 9. The molecule has 2 aromatic heterocycles. The van der Waals surface area contributed by atoms with Crippen molar-refractivity contribution in [3.05, 3.63) is 28.8 Å². The van der Waals surface area contributed by atoms with E-state index in [1.54, 1.807) is 17.5 Å². The number of aromatic nitrogens is 4. The average Bonchev–Trinajstić information content (AvgIpc) is 3.52. The molecule has 2 N–H and O–H groups in total. The van der Waals surface area contributed by atoms with Crippen LogP contribution in [0.1, 0.15) is 11.7 Å². The van der Waals surface area contributed by atoms with Crippen molar-refractivity contribution < 1.29 is 33.2 Å². The van der Waals surface area contributed by atoms with Crippen LogP contribution in [0.4, 0.5) is 0 Å². The summed E-state index contributed by atoms with van der Waals surface area (Å²) in [5, 5.41) is 24.3. The van der Waals surface area contributed by atoms with Gasteiger partial charge in [0.1, 0.15) is 16.8 Å². The number of aliphatic carboxylic acids is 1. The Hall–Kier alpha value is -2.60. The monoisotopic (exact) mass is 558 g/mol. The molecule has 0 bridgehead atoms. The first-order valence-corrected chi connectivity index (χ1v) is 14.0. The minimum Gasteiger partial charge on any atom is -0.477 e. The highest BCUT2D eigenvalue weighted by Crippen LogP contribution is 2.47. The zero-order valence-corrected chi connectivity index (χ0v) is 21.5. The third-order valence-corrected chi connectivity index (χ3v) is 10.1. The minimum absolute atomic E-state index is 0.116. The lowest BCUT2D eigenvalue weighted by Crippen LogP contribution is -2.80. The maximum atomic E-state index is 13.1. The highest BCUT2D eigenvalue weighted by Gasteiger charge is 2.66. The molecule has 2 aromatic rings. The molecule has 2 aliphatic heterocycles. The molecule has 35 heavy (non-hydrogen) atoms. The van der Waals surface area contributed by atoms with E-state index in [4.69, 9.17) is 4.74 Å². The van der Waals surface area contributed by atoms with Crippen LogP contribution in [0.3, 0.4) is 0 Å². The van der Waals surface area contributed by atoms with Crippen LogP contribution in [0.25, 0.3) is 0 Å². The average molecular weight is 559 g/mol. The zero-order valence-electron chi connectivity index (χ0n) is 18.2. The molecule has 0 aliphatic carbocycles. The third kappa shape index (κ3) is 4.65. The molecule has 4 heterocycles. The molecule has 1 fully saturated rings. The second kappa shape index (κ2) is 10.2. The van der Waals surface area contributed by atoms with Crippen molar-refractivity contribution >= 4 is 69.4 Å². The van der Waals surface area contributed by atoms with Crippen molar-refractivity contribution in [2.45, 2.75) is 27.4 Å². The van der Waals surface area contributed by atoms with Crippen LogP contribution in [0.2, 0.25) is 0 Å². The van der Waals surface area contributed by atoms with Crippen molar-refractivity contribution in [3.8, 4) is 0 Å². The smallest absolute Gasteiger partial charge is 0.352 e. The predicted octanol–water partition coefficient (Wildman–Crippen LogP) is 0.00730. The van der Waals surface area contributed by atoms with Gasteiger partial charge in [-0.3, -0.25) is 23.5 Å². The summed E-state index contributed by atoms with van der Waals surface area (Å²) in [6, 6.07) is 3.36. The van der Waals surface area contributed by atoms with Crippen molar-refractivity contribution in [1.29, 1.82) is 0 Å². The first-order chi connectivity index (χ1) is 16.7. The summed E-state index contributed by atoms with van der Waals surface area (Å²) in [6.45, 7) is 1.29. The molecule has 2 amide bonds. The third-order valence-electron chi connectivity index (χ3n) is 5.06. The summed E-state index contributed by atoms with van der Waals surface area (Å²) < 4.78 is 19.3. The Labute approximate surface area is 213 Å². The largest absolute Gasteiger partial charge is 0.477 e. The molecule has 0 spiro atoms. The van der Waals surface area contributed by atoms with E-state index in [-0.39, 0.29) is 28.1 Å². The summed E-state index contributed by atoms with van der Waals surface area (Å²) in [5.41, 5.74) is -1.58. The van der Waals surface area contributed by atoms with Gasteiger partial charge in [0, 0.05) is 25.5 Å². The molecule has 4 rings (SSSR count). The van der Waals surface area contributed by atoms with E-state index in [0.717, 1.165) is 21.3 Å². The Morgan fingerprint density at radius 1 is 1.43 bits per heavy atom. The number of carbonyl (C=O) groups excluding carboxylic acids is 3. The van der Waals surface area contributed by atoms with Crippen molar-refractivity contribution in [2.24, 2.45) is 0 Å². The second-order valence-electron chi connectivity index (χ2n) is 7.19. The van der Waals surface area contributed by atoms with E-state index in [9.17, 15) is 28.5 Å². The summed E-state index contributed by atoms with van der Waals surface area (Å²) in [7, 11) is -0.351. The summed E-state index contributed by atoms with van der Waals surface area (Å²) in [6.07, 6.45) is 0.